The quantitative estimate of drug-likeness (QED) is 0.472. The minimum absolute atomic E-state index is 0.0121. The Kier molecular flexibility index (Phi) is 4.17. The van der Waals surface area contributed by atoms with Crippen LogP contribution in [0.25, 0.3) is 0 Å². The Morgan fingerprint density at radius 2 is 2.14 bits per heavy atom. The molecule has 0 bridgehead atoms. The van der Waals surface area contributed by atoms with Crippen molar-refractivity contribution in [3.63, 3.8) is 0 Å². The summed E-state index contributed by atoms with van der Waals surface area (Å²) in [6.45, 7) is -0.0121. The van der Waals surface area contributed by atoms with Crippen LogP contribution in [0.2, 0.25) is 0 Å². The Bertz CT molecular complexity index is 613. The average molecular weight is 310 g/mol. The summed E-state index contributed by atoms with van der Waals surface area (Å²) < 4.78 is 0. The number of amides is 1. The number of nitro groups is 1. The molecule has 7 nitrogen and oxygen atoms in total. The first-order chi connectivity index (χ1) is 9.89. The number of carboxylic acids is 1. The Morgan fingerprint density at radius 1 is 1.48 bits per heavy atom. The predicted octanol–water partition coefficient (Wildman–Crippen LogP) is 1.91. The van der Waals surface area contributed by atoms with E-state index < -0.39 is 22.2 Å². The molecule has 0 radical (unpaired) electrons. The van der Waals surface area contributed by atoms with Crippen LogP contribution < -0.4 is 5.32 Å². The predicted molar refractivity (Wildman–Crippen MR) is 76.5 cm³/mol. The zero-order valence-corrected chi connectivity index (χ0v) is 12.1. The lowest BCUT2D eigenvalue weighted by Gasteiger charge is -2.11. The maximum Gasteiger partial charge on any atom is 0.311 e. The molecule has 8 heteroatoms. The van der Waals surface area contributed by atoms with Gasteiger partial charge in [0.25, 0.3) is 11.6 Å². The van der Waals surface area contributed by atoms with Crippen molar-refractivity contribution in [2.45, 2.75) is 17.7 Å². The molecule has 1 aromatic carbocycles. The number of nitro benzene ring substituents is 1. The average Bonchev–Trinajstić information content (AvgIpc) is 3.25. The van der Waals surface area contributed by atoms with Crippen LogP contribution in [0, 0.1) is 15.5 Å². The van der Waals surface area contributed by atoms with E-state index in [4.69, 9.17) is 5.11 Å². The molecule has 1 saturated carbocycles. The number of carbonyl (C=O) groups is 2. The molecule has 0 saturated heterocycles. The minimum atomic E-state index is -0.949. The highest BCUT2D eigenvalue weighted by Crippen LogP contribution is 2.45. The first kappa shape index (κ1) is 15.3. The summed E-state index contributed by atoms with van der Waals surface area (Å²) in [6, 6.07) is 4.29. The standard InChI is InChI=1S/C13H14N2O5S/c1-21-8-2-3-10(15(19)20)9(6-8)11(16)14-7-13(4-5-13)12(17)18/h2-3,6H,4-5,7H2,1H3,(H,14,16)(H,17,18). The molecule has 2 N–H and O–H groups in total. The molecular formula is C13H14N2O5S. The van der Waals surface area contributed by atoms with Crippen molar-refractivity contribution in [3.8, 4) is 0 Å². The molecule has 0 heterocycles. The number of benzene rings is 1. The molecule has 0 atom stereocenters. The third kappa shape index (κ3) is 3.15. The second-order valence-electron chi connectivity index (χ2n) is 4.91. The van der Waals surface area contributed by atoms with Gasteiger partial charge in [-0.15, -0.1) is 11.8 Å². The lowest BCUT2D eigenvalue weighted by molar-refractivity contribution is -0.385. The molecule has 1 aliphatic rings. The Balaban J connectivity index is 2.18. The number of carbonyl (C=O) groups excluding carboxylic acids is 1. The number of nitrogens with zero attached hydrogens (tertiary/aromatic N) is 1. The fourth-order valence-corrected chi connectivity index (χ4v) is 2.38. The van der Waals surface area contributed by atoms with E-state index >= 15 is 0 Å². The maximum atomic E-state index is 12.1. The van der Waals surface area contributed by atoms with Crippen molar-refractivity contribution in [2.75, 3.05) is 12.8 Å². The molecule has 1 fully saturated rings. The van der Waals surface area contributed by atoms with Crippen LogP contribution >= 0.6 is 11.8 Å². The highest BCUT2D eigenvalue weighted by molar-refractivity contribution is 7.98. The van der Waals surface area contributed by atoms with E-state index in [1.807, 2.05) is 0 Å². The second kappa shape index (κ2) is 5.72. The van der Waals surface area contributed by atoms with Gasteiger partial charge in [0.15, 0.2) is 0 Å². The second-order valence-corrected chi connectivity index (χ2v) is 5.79. The number of hydrogen-bond acceptors (Lipinski definition) is 5. The molecule has 1 amide bonds. The fourth-order valence-electron chi connectivity index (χ4n) is 1.95. The van der Waals surface area contributed by atoms with Gasteiger partial charge in [-0.1, -0.05) is 0 Å². The highest BCUT2D eigenvalue weighted by atomic mass is 32.2. The molecule has 2 rings (SSSR count). The van der Waals surface area contributed by atoms with Crippen molar-refractivity contribution >= 4 is 29.3 Å². The maximum absolute atomic E-state index is 12.1. The van der Waals surface area contributed by atoms with Crippen molar-refractivity contribution in [2.24, 2.45) is 5.41 Å². The van der Waals surface area contributed by atoms with E-state index in [0.717, 1.165) is 4.90 Å². The van der Waals surface area contributed by atoms with Gasteiger partial charge in [-0.2, -0.15) is 0 Å². The van der Waals surface area contributed by atoms with Crippen LogP contribution in [0.3, 0.4) is 0 Å². The fraction of sp³-hybridized carbons (Fsp3) is 0.385. The van der Waals surface area contributed by atoms with Gasteiger partial charge >= 0.3 is 5.97 Å². The molecule has 0 aromatic heterocycles. The summed E-state index contributed by atoms with van der Waals surface area (Å²) >= 11 is 1.36. The summed E-state index contributed by atoms with van der Waals surface area (Å²) in [6.07, 6.45) is 2.82. The number of thioether (sulfide) groups is 1. The van der Waals surface area contributed by atoms with Crippen LogP contribution in [-0.4, -0.2) is 34.7 Å². The smallest absolute Gasteiger partial charge is 0.311 e. The number of rotatable bonds is 6. The number of aliphatic carboxylic acids is 1. The van der Waals surface area contributed by atoms with Gasteiger partial charge in [-0.25, -0.2) is 0 Å². The van der Waals surface area contributed by atoms with E-state index in [1.54, 1.807) is 12.3 Å². The molecule has 0 spiro atoms. The van der Waals surface area contributed by atoms with Gasteiger partial charge < -0.3 is 10.4 Å². The first-order valence-electron chi connectivity index (χ1n) is 6.24. The summed E-state index contributed by atoms with van der Waals surface area (Å²) in [5, 5.41) is 22.5. The SMILES string of the molecule is CSc1ccc([N+](=O)[O-])c(C(=O)NCC2(C(=O)O)CC2)c1. The van der Waals surface area contributed by atoms with Crippen molar-refractivity contribution < 1.29 is 19.6 Å². The summed E-state index contributed by atoms with van der Waals surface area (Å²) in [5.74, 6) is -1.57. The van der Waals surface area contributed by atoms with Gasteiger partial charge in [0.1, 0.15) is 5.56 Å². The van der Waals surface area contributed by atoms with Crippen LogP contribution in [-0.2, 0) is 4.79 Å². The van der Waals surface area contributed by atoms with Crippen LogP contribution in [0.5, 0.6) is 0 Å². The Labute approximate surface area is 124 Å². The monoisotopic (exact) mass is 310 g/mol. The van der Waals surface area contributed by atoms with Crippen molar-refractivity contribution in [1.82, 2.24) is 5.32 Å². The topological polar surface area (TPSA) is 110 Å². The molecule has 112 valence electrons. The number of carboxylic acid groups (broad SMARTS) is 1. The zero-order chi connectivity index (χ0) is 15.6. The van der Waals surface area contributed by atoms with Crippen molar-refractivity contribution in [3.05, 3.63) is 33.9 Å². The summed E-state index contributed by atoms with van der Waals surface area (Å²) in [7, 11) is 0. The van der Waals surface area contributed by atoms with Gasteiger partial charge in [0, 0.05) is 17.5 Å². The van der Waals surface area contributed by atoms with Crippen LogP contribution in [0.4, 0.5) is 5.69 Å². The van der Waals surface area contributed by atoms with Crippen molar-refractivity contribution in [1.29, 1.82) is 0 Å². The van der Waals surface area contributed by atoms with Crippen LogP contribution in [0.15, 0.2) is 23.1 Å². The zero-order valence-electron chi connectivity index (χ0n) is 11.3. The molecule has 1 aromatic rings. The number of nitrogens with one attached hydrogen (secondary N) is 1. The van der Waals surface area contributed by atoms with Gasteiger partial charge in [-0.3, -0.25) is 19.7 Å². The highest BCUT2D eigenvalue weighted by Gasteiger charge is 2.50. The van der Waals surface area contributed by atoms with E-state index in [-0.39, 0.29) is 17.8 Å². The third-order valence-corrected chi connectivity index (χ3v) is 4.26. The number of hydrogen-bond donors (Lipinski definition) is 2. The van der Waals surface area contributed by atoms with Gasteiger partial charge in [0.05, 0.1) is 10.3 Å². The molecule has 21 heavy (non-hydrogen) atoms. The largest absolute Gasteiger partial charge is 0.481 e. The lowest BCUT2D eigenvalue weighted by Crippen LogP contribution is -2.34. The normalized spacial score (nSPS) is 15.3. The molecule has 1 aliphatic carbocycles. The molecule has 0 aliphatic heterocycles. The minimum Gasteiger partial charge on any atom is -0.481 e. The molecular weight excluding hydrogens is 296 g/mol. The summed E-state index contributed by atoms with van der Waals surface area (Å²) in [4.78, 5) is 34.2. The van der Waals surface area contributed by atoms with Gasteiger partial charge in [-0.05, 0) is 31.2 Å². The Hall–Kier alpha value is -2.09. The lowest BCUT2D eigenvalue weighted by atomic mass is 10.1. The van der Waals surface area contributed by atoms with E-state index in [9.17, 15) is 19.7 Å². The first-order valence-corrected chi connectivity index (χ1v) is 7.46. The van der Waals surface area contributed by atoms with E-state index in [1.165, 1.54) is 23.9 Å². The Morgan fingerprint density at radius 3 is 2.62 bits per heavy atom. The summed E-state index contributed by atoms with van der Waals surface area (Å²) in [5.41, 5.74) is -1.24. The van der Waals surface area contributed by atoms with Gasteiger partial charge in [0.2, 0.25) is 0 Å². The third-order valence-electron chi connectivity index (χ3n) is 3.54. The molecule has 0 unspecified atom stereocenters. The van der Waals surface area contributed by atoms with Crippen LogP contribution in [0.1, 0.15) is 23.2 Å². The van der Waals surface area contributed by atoms with E-state index in [2.05, 4.69) is 5.32 Å². The van der Waals surface area contributed by atoms with E-state index in [0.29, 0.717) is 12.8 Å².